The monoisotopic (exact) mass is 289 g/mol. The second-order valence-corrected chi connectivity index (χ2v) is 5.63. The Hall–Kier alpha value is -1.55. The summed E-state index contributed by atoms with van der Waals surface area (Å²) in [6.45, 7) is 13.2. The Bertz CT molecular complexity index is 595. The van der Waals surface area contributed by atoms with Crippen molar-refractivity contribution in [1.29, 1.82) is 0 Å². The fraction of sp³-hybridized carbons (Fsp3) is 0.588. The van der Waals surface area contributed by atoms with E-state index in [1.165, 1.54) is 16.8 Å². The Morgan fingerprint density at radius 2 is 2.00 bits per heavy atom. The molecule has 0 fully saturated rings. The van der Waals surface area contributed by atoms with Crippen molar-refractivity contribution in [2.75, 3.05) is 6.54 Å². The molecule has 2 heterocycles. The van der Waals surface area contributed by atoms with Crippen LogP contribution in [0.25, 0.3) is 0 Å². The number of hydrogen-bond acceptors (Lipinski definition) is 3. The molecule has 4 heteroatoms. The van der Waals surface area contributed by atoms with Gasteiger partial charge in [-0.25, -0.2) is 0 Å². The van der Waals surface area contributed by atoms with Crippen molar-refractivity contribution in [3.8, 4) is 0 Å². The Kier molecular flexibility index (Phi) is 5.23. The number of nitrogens with zero attached hydrogens (tertiary/aromatic N) is 2. The second kappa shape index (κ2) is 6.94. The van der Waals surface area contributed by atoms with Gasteiger partial charge < -0.3 is 9.73 Å². The summed E-state index contributed by atoms with van der Waals surface area (Å²) in [4.78, 5) is 0. The normalized spacial score (nSPS) is 11.3. The van der Waals surface area contributed by atoms with E-state index in [-0.39, 0.29) is 0 Å². The van der Waals surface area contributed by atoms with Gasteiger partial charge in [0, 0.05) is 11.3 Å². The highest BCUT2D eigenvalue weighted by molar-refractivity contribution is 5.27. The van der Waals surface area contributed by atoms with E-state index in [9.17, 15) is 0 Å². The van der Waals surface area contributed by atoms with Crippen LogP contribution < -0.4 is 5.32 Å². The molecule has 0 spiro atoms. The van der Waals surface area contributed by atoms with Crippen molar-refractivity contribution < 1.29 is 4.42 Å². The average Bonchev–Trinajstić information content (AvgIpc) is 2.92. The second-order valence-electron chi connectivity index (χ2n) is 5.63. The maximum Gasteiger partial charge on any atom is 0.118 e. The number of hydrogen-bond donors (Lipinski definition) is 1. The molecule has 0 aromatic carbocycles. The molecular weight excluding hydrogens is 262 g/mol. The first-order valence-corrected chi connectivity index (χ1v) is 7.88. The number of nitrogens with one attached hydrogen (secondary N) is 1. The number of aryl methyl sites for hydroxylation is 2. The van der Waals surface area contributed by atoms with E-state index >= 15 is 0 Å². The molecule has 0 aliphatic rings. The zero-order chi connectivity index (χ0) is 15.4. The molecule has 0 saturated heterocycles. The standard InChI is InChI=1S/C17H27N3O/c1-6-8-18-10-16-9-15(14(5)21-16)11-20-13(4)17(7-2)12(3)19-20/h9,18H,6-8,10-11H2,1-5H3. The third kappa shape index (κ3) is 3.56. The minimum absolute atomic E-state index is 0.787. The van der Waals surface area contributed by atoms with Gasteiger partial charge in [0.2, 0.25) is 0 Å². The molecule has 0 unspecified atom stereocenters. The highest BCUT2D eigenvalue weighted by atomic mass is 16.3. The summed E-state index contributed by atoms with van der Waals surface area (Å²) in [7, 11) is 0. The van der Waals surface area contributed by atoms with Crippen LogP contribution in [0, 0.1) is 20.8 Å². The van der Waals surface area contributed by atoms with Crippen molar-refractivity contribution >= 4 is 0 Å². The molecule has 116 valence electrons. The zero-order valence-corrected chi connectivity index (χ0v) is 13.9. The lowest BCUT2D eigenvalue weighted by Gasteiger charge is -2.03. The van der Waals surface area contributed by atoms with Gasteiger partial charge in [-0.3, -0.25) is 4.68 Å². The lowest BCUT2D eigenvalue weighted by molar-refractivity contribution is 0.458. The van der Waals surface area contributed by atoms with E-state index in [0.717, 1.165) is 49.7 Å². The molecule has 2 rings (SSSR count). The van der Waals surface area contributed by atoms with Gasteiger partial charge in [0.1, 0.15) is 11.5 Å². The van der Waals surface area contributed by atoms with Crippen LogP contribution >= 0.6 is 0 Å². The first-order chi connectivity index (χ1) is 10.1. The van der Waals surface area contributed by atoms with Crippen LogP contribution in [0.3, 0.4) is 0 Å². The van der Waals surface area contributed by atoms with E-state index in [1.54, 1.807) is 0 Å². The summed E-state index contributed by atoms with van der Waals surface area (Å²) >= 11 is 0. The van der Waals surface area contributed by atoms with Gasteiger partial charge in [0.15, 0.2) is 0 Å². The molecule has 0 aliphatic heterocycles. The zero-order valence-electron chi connectivity index (χ0n) is 13.9. The highest BCUT2D eigenvalue weighted by Crippen LogP contribution is 2.19. The molecule has 0 aliphatic carbocycles. The minimum atomic E-state index is 0.787. The van der Waals surface area contributed by atoms with Crippen LogP contribution in [-0.2, 0) is 19.5 Å². The molecule has 21 heavy (non-hydrogen) atoms. The van der Waals surface area contributed by atoms with Crippen molar-refractivity contribution in [1.82, 2.24) is 15.1 Å². The van der Waals surface area contributed by atoms with Crippen molar-refractivity contribution in [3.63, 3.8) is 0 Å². The average molecular weight is 289 g/mol. The SMILES string of the molecule is CCCNCc1cc(Cn2nc(C)c(CC)c2C)c(C)o1. The van der Waals surface area contributed by atoms with Gasteiger partial charge in [-0.2, -0.15) is 5.10 Å². The maximum atomic E-state index is 5.83. The van der Waals surface area contributed by atoms with E-state index < -0.39 is 0 Å². The van der Waals surface area contributed by atoms with E-state index in [0.29, 0.717) is 0 Å². The quantitative estimate of drug-likeness (QED) is 0.793. The molecule has 0 atom stereocenters. The van der Waals surface area contributed by atoms with Crippen LogP contribution in [0.2, 0.25) is 0 Å². The van der Waals surface area contributed by atoms with Crippen LogP contribution in [0.4, 0.5) is 0 Å². The molecule has 0 amide bonds. The largest absolute Gasteiger partial charge is 0.465 e. The first kappa shape index (κ1) is 15.8. The molecule has 0 bridgehead atoms. The molecule has 4 nitrogen and oxygen atoms in total. The maximum absolute atomic E-state index is 5.83. The van der Waals surface area contributed by atoms with Gasteiger partial charge in [0.05, 0.1) is 18.8 Å². The number of aromatic nitrogens is 2. The topological polar surface area (TPSA) is 43.0 Å². The fourth-order valence-corrected chi connectivity index (χ4v) is 2.78. The fourth-order valence-electron chi connectivity index (χ4n) is 2.78. The third-order valence-corrected chi connectivity index (χ3v) is 4.00. The van der Waals surface area contributed by atoms with Gasteiger partial charge in [-0.1, -0.05) is 13.8 Å². The molecule has 0 saturated carbocycles. The minimum Gasteiger partial charge on any atom is -0.465 e. The Labute approximate surface area is 127 Å². The molecule has 0 radical (unpaired) electrons. The van der Waals surface area contributed by atoms with Gasteiger partial charge >= 0.3 is 0 Å². The predicted octanol–water partition coefficient (Wildman–Crippen LogP) is 3.51. The Morgan fingerprint density at radius 1 is 1.24 bits per heavy atom. The number of furan rings is 1. The van der Waals surface area contributed by atoms with Crippen molar-refractivity contribution in [2.45, 2.75) is 60.5 Å². The molecule has 2 aromatic rings. The highest BCUT2D eigenvalue weighted by Gasteiger charge is 2.13. The lowest BCUT2D eigenvalue weighted by atomic mass is 10.1. The summed E-state index contributed by atoms with van der Waals surface area (Å²) in [6.07, 6.45) is 2.17. The molecule has 1 N–H and O–H groups in total. The summed E-state index contributed by atoms with van der Waals surface area (Å²) in [5.41, 5.74) is 4.99. The van der Waals surface area contributed by atoms with Crippen molar-refractivity contribution in [3.05, 3.63) is 40.1 Å². The lowest BCUT2D eigenvalue weighted by Crippen LogP contribution is -2.13. The van der Waals surface area contributed by atoms with E-state index in [2.05, 4.69) is 48.9 Å². The molecular formula is C17H27N3O. The third-order valence-electron chi connectivity index (χ3n) is 4.00. The Balaban J connectivity index is 2.12. The summed E-state index contributed by atoms with van der Waals surface area (Å²) in [5, 5.41) is 8.03. The van der Waals surface area contributed by atoms with Crippen molar-refractivity contribution in [2.24, 2.45) is 0 Å². The predicted molar refractivity (Wildman–Crippen MR) is 85.6 cm³/mol. The van der Waals surface area contributed by atoms with E-state index in [1.807, 2.05) is 6.92 Å². The van der Waals surface area contributed by atoms with Crippen LogP contribution in [-0.4, -0.2) is 16.3 Å². The van der Waals surface area contributed by atoms with Gasteiger partial charge in [-0.05, 0) is 51.8 Å². The van der Waals surface area contributed by atoms with Crippen LogP contribution in [0.15, 0.2) is 10.5 Å². The first-order valence-electron chi connectivity index (χ1n) is 7.88. The summed E-state index contributed by atoms with van der Waals surface area (Å²) < 4.78 is 7.93. The van der Waals surface area contributed by atoms with Crippen LogP contribution in [0.1, 0.15) is 54.3 Å². The summed E-state index contributed by atoms with van der Waals surface area (Å²) in [6, 6.07) is 2.15. The smallest absolute Gasteiger partial charge is 0.118 e. The Morgan fingerprint density at radius 3 is 2.62 bits per heavy atom. The van der Waals surface area contributed by atoms with Crippen LogP contribution in [0.5, 0.6) is 0 Å². The number of rotatable bonds is 7. The van der Waals surface area contributed by atoms with E-state index in [4.69, 9.17) is 4.42 Å². The van der Waals surface area contributed by atoms with Gasteiger partial charge in [-0.15, -0.1) is 0 Å². The summed E-state index contributed by atoms with van der Waals surface area (Å²) in [5.74, 6) is 2.00. The van der Waals surface area contributed by atoms with Gasteiger partial charge in [0.25, 0.3) is 0 Å². The molecule has 2 aromatic heterocycles.